The maximum absolute atomic E-state index is 14.6. The topological polar surface area (TPSA) is 132 Å². The zero-order valence-electron chi connectivity index (χ0n) is 19.3. The molecule has 2 aliphatic rings. The Balaban J connectivity index is 1.37. The second-order valence-electron chi connectivity index (χ2n) is 8.98. The Labute approximate surface area is 206 Å². The number of aromatic nitrogens is 3. The van der Waals surface area contributed by atoms with Crippen LogP contribution in [0.4, 0.5) is 23.2 Å². The Kier molecular flexibility index (Phi) is 5.76. The summed E-state index contributed by atoms with van der Waals surface area (Å²) in [5.74, 6) is -4.40. The number of likely N-dealkylation sites (tertiary alicyclic amines) is 1. The summed E-state index contributed by atoms with van der Waals surface area (Å²) in [5.41, 5.74) is 5.94. The third-order valence-corrected chi connectivity index (χ3v) is 6.43. The number of nitrogens with zero attached hydrogens (tertiary/aromatic N) is 4. The minimum absolute atomic E-state index is 0.0493. The number of hydrogen-bond donors (Lipinski definition) is 2. The summed E-state index contributed by atoms with van der Waals surface area (Å²) in [7, 11) is 0. The highest BCUT2D eigenvalue weighted by Crippen LogP contribution is 2.48. The number of halogens is 4. The molecule has 14 heteroatoms. The quantitative estimate of drug-likeness (QED) is 0.480. The van der Waals surface area contributed by atoms with Crippen LogP contribution in [0.5, 0.6) is 5.75 Å². The van der Waals surface area contributed by atoms with E-state index in [1.165, 1.54) is 15.8 Å². The number of pyridine rings is 1. The lowest BCUT2D eigenvalue weighted by molar-refractivity contribution is -0.275. The first kappa shape index (κ1) is 24.5. The molecule has 0 radical (unpaired) electrons. The summed E-state index contributed by atoms with van der Waals surface area (Å²) in [4.78, 5) is 43.7. The van der Waals surface area contributed by atoms with E-state index < -0.39 is 47.4 Å². The van der Waals surface area contributed by atoms with Crippen molar-refractivity contribution in [2.24, 2.45) is 11.7 Å². The number of alkyl halides is 3. The van der Waals surface area contributed by atoms with E-state index in [2.05, 4.69) is 20.1 Å². The van der Waals surface area contributed by atoms with Crippen LogP contribution in [0.2, 0.25) is 0 Å². The lowest BCUT2D eigenvalue weighted by atomic mass is 10.1. The second-order valence-corrected chi connectivity index (χ2v) is 8.98. The van der Waals surface area contributed by atoms with Crippen molar-refractivity contribution in [2.75, 3.05) is 5.32 Å². The van der Waals surface area contributed by atoms with Crippen LogP contribution in [0, 0.1) is 18.7 Å². The van der Waals surface area contributed by atoms with E-state index in [-0.39, 0.29) is 24.2 Å². The van der Waals surface area contributed by atoms with Crippen LogP contribution in [0.25, 0.3) is 10.9 Å². The van der Waals surface area contributed by atoms with Crippen LogP contribution in [0.15, 0.2) is 30.5 Å². The molecule has 2 aromatic heterocycles. The molecule has 1 saturated heterocycles. The Morgan fingerprint density at radius 3 is 2.70 bits per heavy atom. The number of amides is 3. The van der Waals surface area contributed by atoms with Crippen molar-refractivity contribution in [2.45, 2.75) is 44.8 Å². The molecule has 1 aliphatic heterocycles. The van der Waals surface area contributed by atoms with Crippen LogP contribution in [-0.2, 0) is 16.1 Å². The van der Waals surface area contributed by atoms with Gasteiger partial charge in [0.1, 0.15) is 12.6 Å². The minimum Gasteiger partial charge on any atom is -0.403 e. The first-order chi connectivity index (χ1) is 17.4. The standard InChI is InChI=1S/C23H20F4N6O4/c1-10-5-15-12(8-29-10)20(21(28)35)31-32(15)9-18(34)33-14-6-11(14)7-16(33)22(36)30-13-3-2-4-17(19(13)24)37-23(25,26)27/h2-5,8,11,14,16H,6-7,9H2,1H3,(H2,28,35)(H,30,36)/t11-,14-,16+/m1/s1. The third kappa shape index (κ3) is 4.66. The molecule has 3 amide bonds. The predicted octanol–water partition coefficient (Wildman–Crippen LogP) is 2.50. The first-order valence-electron chi connectivity index (χ1n) is 11.2. The van der Waals surface area contributed by atoms with E-state index in [0.29, 0.717) is 29.4 Å². The zero-order valence-corrected chi connectivity index (χ0v) is 19.3. The summed E-state index contributed by atoms with van der Waals surface area (Å²) in [6, 6.07) is 3.46. The summed E-state index contributed by atoms with van der Waals surface area (Å²) in [6.45, 7) is 1.43. The lowest BCUT2D eigenvalue weighted by Crippen LogP contribution is -2.46. The van der Waals surface area contributed by atoms with Crippen molar-refractivity contribution in [3.8, 4) is 5.75 Å². The normalized spacial score (nSPS) is 20.6. The van der Waals surface area contributed by atoms with Gasteiger partial charge in [0.15, 0.2) is 17.3 Å². The zero-order chi connectivity index (χ0) is 26.6. The van der Waals surface area contributed by atoms with Gasteiger partial charge in [-0.3, -0.25) is 24.0 Å². The SMILES string of the molecule is Cc1cc2c(cn1)c(C(N)=O)nn2CC(=O)N1[C@@H]2C[C@@H]2C[C@H]1C(=O)Nc1cccc(OC(F)(F)F)c1F. The fourth-order valence-electron chi connectivity index (χ4n) is 4.76. The van der Waals surface area contributed by atoms with Crippen molar-refractivity contribution in [3.63, 3.8) is 0 Å². The second kappa shape index (κ2) is 8.71. The van der Waals surface area contributed by atoms with Gasteiger partial charge in [-0.2, -0.15) is 5.10 Å². The Hall–Kier alpha value is -4.23. The van der Waals surface area contributed by atoms with Crippen molar-refractivity contribution in [1.82, 2.24) is 19.7 Å². The maximum Gasteiger partial charge on any atom is 0.573 e. The number of carbonyl (C=O) groups excluding carboxylic acids is 3. The number of nitrogens with one attached hydrogen (secondary N) is 1. The summed E-state index contributed by atoms with van der Waals surface area (Å²) < 4.78 is 57.1. The molecule has 3 N–H and O–H groups in total. The van der Waals surface area contributed by atoms with Gasteiger partial charge in [0, 0.05) is 17.9 Å². The number of carbonyl (C=O) groups is 3. The summed E-state index contributed by atoms with van der Waals surface area (Å²) in [6.07, 6.45) is -2.67. The first-order valence-corrected chi connectivity index (χ1v) is 11.2. The molecule has 0 spiro atoms. The maximum atomic E-state index is 14.6. The van der Waals surface area contributed by atoms with E-state index in [1.807, 2.05) is 0 Å². The average molecular weight is 520 g/mol. The van der Waals surface area contributed by atoms with Crippen LogP contribution in [-0.4, -0.2) is 55.8 Å². The molecule has 0 unspecified atom stereocenters. The van der Waals surface area contributed by atoms with Crippen LogP contribution in [0.3, 0.4) is 0 Å². The monoisotopic (exact) mass is 520 g/mol. The molecule has 3 atom stereocenters. The van der Waals surface area contributed by atoms with Crippen molar-refractivity contribution in [1.29, 1.82) is 0 Å². The van der Waals surface area contributed by atoms with Gasteiger partial charge in [0.25, 0.3) is 5.91 Å². The van der Waals surface area contributed by atoms with Gasteiger partial charge in [0.2, 0.25) is 11.8 Å². The Morgan fingerprint density at radius 1 is 1.24 bits per heavy atom. The number of nitrogens with two attached hydrogens (primary N) is 1. The lowest BCUT2D eigenvalue weighted by Gasteiger charge is -2.27. The summed E-state index contributed by atoms with van der Waals surface area (Å²) in [5, 5.41) is 6.82. The van der Waals surface area contributed by atoms with Crippen molar-refractivity contribution in [3.05, 3.63) is 47.7 Å². The highest BCUT2D eigenvalue weighted by Gasteiger charge is 2.56. The van der Waals surface area contributed by atoms with Gasteiger partial charge in [-0.05, 0) is 43.9 Å². The number of primary amides is 1. The number of hydrogen-bond acceptors (Lipinski definition) is 6. The molecule has 2 fully saturated rings. The molecule has 1 aromatic carbocycles. The van der Waals surface area contributed by atoms with Gasteiger partial charge in [-0.1, -0.05) is 6.07 Å². The van der Waals surface area contributed by atoms with Crippen LogP contribution < -0.4 is 15.8 Å². The van der Waals surface area contributed by atoms with E-state index >= 15 is 0 Å². The highest BCUT2D eigenvalue weighted by atomic mass is 19.4. The van der Waals surface area contributed by atoms with E-state index in [1.54, 1.807) is 13.0 Å². The molecule has 5 rings (SSSR count). The van der Waals surface area contributed by atoms with Gasteiger partial charge >= 0.3 is 6.36 Å². The highest BCUT2D eigenvalue weighted by molar-refractivity contribution is 6.04. The molecule has 1 aliphatic carbocycles. The van der Waals surface area contributed by atoms with E-state index in [0.717, 1.165) is 18.2 Å². The third-order valence-electron chi connectivity index (χ3n) is 6.43. The number of piperidine rings is 1. The average Bonchev–Trinajstić information content (AvgIpc) is 3.32. The van der Waals surface area contributed by atoms with Crippen LogP contribution >= 0.6 is 0 Å². The predicted molar refractivity (Wildman–Crippen MR) is 120 cm³/mol. The van der Waals surface area contributed by atoms with Crippen molar-refractivity contribution < 1.29 is 36.7 Å². The number of aryl methyl sites for hydroxylation is 1. The van der Waals surface area contributed by atoms with E-state index in [9.17, 15) is 31.9 Å². The summed E-state index contributed by atoms with van der Waals surface area (Å²) >= 11 is 0. The molecule has 10 nitrogen and oxygen atoms in total. The fourth-order valence-corrected chi connectivity index (χ4v) is 4.76. The number of rotatable bonds is 6. The van der Waals surface area contributed by atoms with Gasteiger partial charge in [0.05, 0.1) is 16.6 Å². The van der Waals surface area contributed by atoms with E-state index in [4.69, 9.17) is 5.73 Å². The van der Waals surface area contributed by atoms with Gasteiger partial charge in [-0.15, -0.1) is 13.2 Å². The molecule has 1 saturated carbocycles. The molecule has 194 valence electrons. The number of anilines is 1. The number of benzene rings is 1. The fraction of sp³-hybridized carbons (Fsp3) is 0.348. The molecule has 37 heavy (non-hydrogen) atoms. The molecular formula is C23H20F4N6O4. The largest absolute Gasteiger partial charge is 0.573 e. The Bertz CT molecular complexity index is 1440. The number of fused-ring (bicyclic) bond motifs is 2. The van der Waals surface area contributed by atoms with Crippen molar-refractivity contribution >= 4 is 34.3 Å². The smallest absolute Gasteiger partial charge is 0.403 e. The van der Waals surface area contributed by atoms with Crippen LogP contribution in [0.1, 0.15) is 29.0 Å². The molecule has 0 bridgehead atoms. The van der Waals surface area contributed by atoms with Gasteiger partial charge in [-0.25, -0.2) is 4.39 Å². The molecule has 3 aromatic rings. The number of ether oxygens (including phenoxy) is 1. The molecular weight excluding hydrogens is 500 g/mol. The minimum atomic E-state index is -5.11. The molecule has 3 heterocycles. The Morgan fingerprint density at radius 2 is 2.00 bits per heavy atom. The van der Waals surface area contributed by atoms with Gasteiger partial charge < -0.3 is 20.7 Å².